The third-order valence-corrected chi connectivity index (χ3v) is 10.2. The number of nitrogens with zero attached hydrogens (tertiary/aromatic N) is 5. The first-order valence-corrected chi connectivity index (χ1v) is 15.4. The molecule has 4 fully saturated rings. The van der Waals surface area contributed by atoms with E-state index in [0.717, 1.165) is 70.6 Å². The van der Waals surface area contributed by atoms with E-state index in [1.807, 2.05) is 0 Å². The van der Waals surface area contributed by atoms with Gasteiger partial charge in [-0.05, 0) is 74.1 Å². The van der Waals surface area contributed by atoms with E-state index in [1.54, 1.807) is 6.20 Å². The summed E-state index contributed by atoms with van der Waals surface area (Å²) in [4.78, 5) is 18.8. The van der Waals surface area contributed by atoms with Crippen LogP contribution >= 0.6 is 0 Å². The van der Waals surface area contributed by atoms with Crippen LogP contribution in [0, 0.1) is 35.8 Å². The Morgan fingerprint density at radius 1 is 1.07 bits per heavy atom. The summed E-state index contributed by atoms with van der Waals surface area (Å²) in [5, 5.41) is 11.8. The number of hydrogen-bond donors (Lipinski definition) is 1. The van der Waals surface area contributed by atoms with Crippen LogP contribution in [0.2, 0.25) is 0 Å². The summed E-state index contributed by atoms with van der Waals surface area (Å²) in [6.45, 7) is 4.32. The summed E-state index contributed by atoms with van der Waals surface area (Å²) in [5.41, 5.74) is 0.218. The Morgan fingerprint density at radius 2 is 1.91 bits per heavy atom. The van der Waals surface area contributed by atoms with E-state index >= 15 is 4.39 Å². The number of piperidine rings is 1. The largest absolute Gasteiger partial charge is 0.508 e. The van der Waals surface area contributed by atoms with Gasteiger partial charge in [-0.15, -0.1) is 6.42 Å². The molecule has 3 saturated heterocycles. The molecule has 2 aromatic carbocycles. The number of pyridine rings is 1. The van der Waals surface area contributed by atoms with Gasteiger partial charge < -0.3 is 14.7 Å². The van der Waals surface area contributed by atoms with Crippen LogP contribution < -0.4 is 9.64 Å². The number of halogens is 2. The van der Waals surface area contributed by atoms with Crippen molar-refractivity contribution >= 4 is 27.5 Å². The highest BCUT2D eigenvalue weighted by Gasteiger charge is 2.63. The maximum absolute atomic E-state index is 16.7. The molecule has 3 aliphatic heterocycles. The van der Waals surface area contributed by atoms with Crippen LogP contribution in [-0.4, -0.2) is 63.3 Å². The van der Waals surface area contributed by atoms with Gasteiger partial charge in [0, 0.05) is 36.8 Å². The van der Waals surface area contributed by atoms with Crippen LogP contribution in [0.4, 0.5) is 14.6 Å². The third-order valence-electron chi connectivity index (χ3n) is 10.2. The van der Waals surface area contributed by atoms with Crippen LogP contribution in [0.1, 0.15) is 50.5 Å². The van der Waals surface area contributed by atoms with E-state index in [9.17, 15) is 9.50 Å². The van der Waals surface area contributed by atoms with E-state index in [4.69, 9.17) is 16.1 Å². The lowest BCUT2D eigenvalue weighted by molar-refractivity contribution is 0.0830. The molecule has 43 heavy (non-hydrogen) atoms. The lowest BCUT2D eigenvalue weighted by Gasteiger charge is -2.34. The fraction of sp³-hybridized carbons (Fsp3) is 0.441. The first kappa shape index (κ1) is 26.6. The molecule has 7 nitrogen and oxygen atoms in total. The number of rotatable bonds is 5. The van der Waals surface area contributed by atoms with Gasteiger partial charge in [0.25, 0.3) is 0 Å². The highest BCUT2D eigenvalue weighted by molar-refractivity contribution is 6.03. The standard InChI is InChI=1S/C34H33F2N5O2/c1-2-23-27(35)9-8-20-14-22(42)16-24(28(20)23)30-29(36)31-25(17-37-30)32(40-11-5-3-4-6-12-40)39-33(38-31)43-19-34-10-7-13-41(34)18-21-15-26(21)34/h1,8-9,14,16-17,21,26,42H,3-7,10-13,15,18-19H2/t21-,26-,34-/m1/s1. The molecule has 0 spiro atoms. The average molecular weight is 582 g/mol. The first-order valence-electron chi connectivity index (χ1n) is 15.4. The van der Waals surface area contributed by atoms with Gasteiger partial charge in [0.05, 0.1) is 16.5 Å². The molecule has 1 saturated carbocycles. The van der Waals surface area contributed by atoms with E-state index in [0.29, 0.717) is 34.5 Å². The van der Waals surface area contributed by atoms with Crippen molar-refractivity contribution < 1.29 is 18.6 Å². The summed E-state index contributed by atoms with van der Waals surface area (Å²) in [5.74, 6) is 3.03. The normalized spacial score (nSPS) is 25.0. The van der Waals surface area contributed by atoms with E-state index in [2.05, 4.69) is 25.7 Å². The molecule has 1 N–H and O–H groups in total. The lowest BCUT2D eigenvalue weighted by atomic mass is 9.92. The number of phenolic OH excluding ortho intramolecular Hbond substituents is 1. The minimum Gasteiger partial charge on any atom is -0.508 e. The van der Waals surface area contributed by atoms with Crippen LogP contribution in [-0.2, 0) is 0 Å². The molecule has 0 unspecified atom stereocenters. The number of fused-ring (bicyclic) bond motifs is 5. The van der Waals surface area contributed by atoms with Crippen LogP contribution in [0.3, 0.4) is 0 Å². The monoisotopic (exact) mass is 581 g/mol. The van der Waals surface area contributed by atoms with Crippen molar-refractivity contribution in [2.45, 2.75) is 50.5 Å². The summed E-state index contributed by atoms with van der Waals surface area (Å²) < 4.78 is 37.9. The summed E-state index contributed by atoms with van der Waals surface area (Å²) in [6, 6.07) is 5.76. The fourth-order valence-corrected chi connectivity index (χ4v) is 8.05. The Morgan fingerprint density at radius 3 is 2.72 bits per heavy atom. The molecule has 0 bridgehead atoms. The summed E-state index contributed by atoms with van der Waals surface area (Å²) >= 11 is 0. The van der Waals surface area contributed by atoms with Crippen molar-refractivity contribution in [1.29, 1.82) is 0 Å². The second kappa shape index (κ2) is 10.0. The fourth-order valence-electron chi connectivity index (χ4n) is 8.05. The van der Waals surface area contributed by atoms with Crippen LogP contribution in [0.15, 0.2) is 30.5 Å². The topological polar surface area (TPSA) is 74.6 Å². The molecule has 1 aliphatic carbocycles. The minimum absolute atomic E-state index is 0.0129. The third kappa shape index (κ3) is 4.21. The van der Waals surface area contributed by atoms with Gasteiger partial charge in [0.15, 0.2) is 5.82 Å². The van der Waals surface area contributed by atoms with Gasteiger partial charge in [-0.2, -0.15) is 9.97 Å². The van der Waals surface area contributed by atoms with Gasteiger partial charge in [-0.3, -0.25) is 9.88 Å². The highest BCUT2D eigenvalue weighted by atomic mass is 19.1. The molecule has 4 aromatic rings. The number of aromatic hydroxyl groups is 1. The molecule has 2 aromatic heterocycles. The van der Waals surface area contributed by atoms with Gasteiger partial charge in [0.2, 0.25) is 0 Å². The SMILES string of the molecule is C#Cc1c(F)ccc2cc(O)cc(-c3ncc4c(N5CCCCCC5)nc(OC[C@@]56CCCN5C[C@H]5C[C@H]56)nc4c3F)c12. The van der Waals surface area contributed by atoms with Crippen molar-refractivity contribution in [1.82, 2.24) is 19.9 Å². The summed E-state index contributed by atoms with van der Waals surface area (Å²) in [6.07, 6.45) is 15.1. The molecule has 0 radical (unpaired) electrons. The molecule has 5 heterocycles. The second-order valence-corrected chi connectivity index (χ2v) is 12.6. The average Bonchev–Trinajstić information content (AvgIpc) is 3.66. The zero-order chi connectivity index (χ0) is 29.3. The molecular formula is C34H33F2N5O2. The maximum Gasteiger partial charge on any atom is 0.319 e. The van der Waals surface area contributed by atoms with Gasteiger partial charge >= 0.3 is 6.01 Å². The molecule has 9 heteroatoms. The molecule has 220 valence electrons. The predicted octanol–water partition coefficient (Wildman–Crippen LogP) is 6.05. The minimum atomic E-state index is -0.691. The second-order valence-electron chi connectivity index (χ2n) is 12.6. The molecule has 3 atom stereocenters. The van der Waals surface area contributed by atoms with E-state index in [1.165, 1.54) is 30.7 Å². The zero-order valence-electron chi connectivity index (χ0n) is 24.0. The van der Waals surface area contributed by atoms with Gasteiger partial charge in [-0.25, -0.2) is 8.78 Å². The van der Waals surface area contributed by atoms with Crippen molar-refractivity contribution in [3.63, 3.8) is 0 Å². The van der Waals surface area contributed by atoms with Gasteiger partial charge in [-0.1, -0.05) is 24.8 Å². The Balaban J connectivity index is 1.28. The Bertz CT molecular complexity index is 1820. The Kier molecular flexibility index (Phi) is 6.19. The smallest absolute Gasteiger partial charge is 0.319 e. The number of hydrogen-bond acceptors (Lipinski definition) is 7. The Labute approximate surface area is 248 Å². The highest BCUT2D eigenvalue weighted by Crippen LogP contribution is 2.59. The molecule has 0 amide bonds. The number of benzene rings is 2. The van der Waals surface area contributed by atoms with Crippen LogP contribution in [0.25, 0.3) is 32.9 Å². The Hall–Kier alpha value is -4.03. The number of terminal acetylenes is 1. The van der Waals surface area contributed by atoms with E-state index < -0.39 is 11.6 Å². The molecule has 8 rings (SSSR count). The van der Waals surface area contributed by atoms with Crippen LogP contribution in [0.5, 0.6) is 11.8 Å². The number of phenols is 1. The van der Waals surface area contributed by atoms with E-state index in [-0.39, 0.29) is 39.6 Å². The van der Waals surface area contributed by atoms with Gasteiger partial charge in [0.1, 0.15) is 35.2 Å². The zero-order valence-corrected chi connectivity index (χ0v) is 24.0. The number of ether oxygens (including phenoxy) is 1. The number of anilines is 1. The molecule has 4 aliphatic rings. The van der Waals surface area contributed by atoms with Crippen molar-refractivity contribution in [3.05, 3.63) is 47.7 Å². The predicted molar refractivity (Wildman–Crippen MR) is 161 cm³/mol. The van der Waals surface area contributed by atoms with Crippen molar-refractivity contribution in [3.8, 4) is 35.4 Å². The number of aromatic nitrogens is 3. The van der Waals surface area contributed by atoms with Crippen molar-refractivity contribution in [2.24, 2.45) is 11.8 Å². The lowest BCUT2D eigenvalue weighted by Crippen LogP contribution is -2.47. The molecular weight excluding hydrogens is 548 g/mol. The maximum atomic E-state index is 16.7. The first-order chi connectivity index (χ1) is 21.0. The quantitative estimate of drug-likeness (QED) is 0.288. The van der Waals surface area contributed by atoms with Crippen molar-refractivity contribution in [2.75, 3.05) is 37.7 Å². The summed E-state index contributed by atoms with van der Waals surface area (Å²) in [7, 11) is 0.